The predicted octanol–water partition coefficient (Wildman–Crippen LogP) is 3.48. The van der Waals surface area contributed by atoms with E-state index in [0.717, 1.165) is 25.8 Å². The second-order valence-corrected chi connectivity index (χ2v) is 7.39. The molecule has 3 heteroatoms. The van der Waals surface area contributed by atoms with Crippen LogP contribution in [0.2, 0.25) is 0 Å². The highest BCUT2D eigenvalue weighted by Crippen LogP contribution is 2.25. The first-order valence-corrected chi connectivity index (χ1v) is 9.24. The van der Waals surface area contributed by atoms with Crippen molar-refractivity contribution < 1.29 is 4.79 Å². The van der Waals surface area contributed by atoms with Gasteiger partial charge in [0.25, 0.3) is 0 Å². The summed E-state index contributed by atoms with van der Waals surface area (Å²) in [5.41, 5.74) is 1.39. The Bertz CT molecular complexity index is 506. The van der Waals surface area contributed by atoms with Crippen LogP contribution >= 0.6 is 0 Å². The Hall–Kier alpha value is -1.35. The molecule has 2 fully saturated rings. The number of rotatable bonds is 4. The number of carbonyl (C=O) groups is 1. The van der Waals surface area contributed by atoms with Crippen LogP contribution in [-0.2, 0) is 11.2 Å². The van der Waals surface area contributed by atoms with Crippen molar-refractivity contribution >= 4 is 5.91 Å². The summed E-state index contributed by atoms with van der Waals surface area (Å²) >= 11 is 0. The first-order valence-electron chi connectivity index (χ1n) is 9.24. The van der Waals surface area contributed by atoms with E-state index in [4.69, 9.17) is 0 Å². The van der Waals surface area contributed by atoms with Crippen LogP contribution < -0.4 is 0 Å². The summed E-state index contributed by atoms with van der Waals surface area (Å²) < 4.78 is 0. The molecule has 0 spiro atoms. The Balaban J connectivity index is 1.60. The van der Waals surface area contributed by atoms with Gasteiger partial charge in [0.15, 0.2) is 0 Å². The van der Waals surface area contributed by atoms with E-state index in [1.165, 1.54) is 24.8 Å². The number of benzene rings is 1. The number of likely N-dealkylation sites (tertiary alicyclic amines) is 2. The minimum atomic E-state index is 0.338. The Kier molecular flexibility index (Phi) is 5.37. The molecule has 2 heterocycles. The Morgan fingerprint density at radius 2 is 1.74 bits per heavy atom. The van der Waals surface area contributed by atoms with Crippen LogP contribution in [0.25, 0.3) is 0 Å². The molecule has 0 aliphatic carbocycles. The lowest BCUT2D eigenvalue weighted by atomic mass is 9.97. The summed E-state index contributed by atoms with van der Waals surface area (Å²) in [5.74, 6) is 0.338. The van der Waals surface area contributed by atoms with Crippen molar-refractivity contribution in [1.82, 2.24) is 9.80 Å². The standard InChI is InChI=1S/C20H30N2O/c1-16-8-6-9-17(2)22(16)20(23)15-21-13-7-12-19(21)14-18-10-4-3-5-11-18/h3-5,10-11,16-17,19H,6-9,12-15H2,1-2H3/t16-,17-,19+/m1/s1. The van der Waals surface area contributed by atoms with Crippen LogP contribution in [0, 0.1) is 0 Å². The number of hydrogen-bond acceptors (Lipinski definition) is 2. The van der Waals surface area contributed by atoms with Gasteiger partial charge in [-0.1, -0.05) is 30.3 Å². The molecule has 23 heavy (non-hydrogen) atoms. The second kappa shape index (κ2) is 7.48. The molecule has 2 aliphatic rings. The SMILES string of the molecule is C[C@@H]1CCC[C@@H](C)N1C(=O)CN1CCC[C@H]1Cc1ccccc1. The van der Waals surface area contributed by atoms with Crippen LogP contribution in [0.5, 0.6) is 0 Å². The Morgan fingerprint density at radius 1 is 1.04 bits per heavy atom. The van der Waals surface area contributed by atoms with Crippen molar-refractivity contribution in [3.05, 3.63) is 35.9 Å². The lowest BCUT2D eigenvalue weighted by Crippen LogP contribution is -2.51. The van der Waals surface area contributed by atoms with E-state index in [1.54, 1.807) is 0 Å². The molecule has 0 unspecified atom stereocenters. The zero-order valence-electron chi connectivity index (χ0n) is 14.6. The molecule has 1 aromatic carbocycles. The van der Waals surface area contributed by atoms with Crippen LogP contribution in [0.1, 0.15) is 51.5 Å². The molecule has 0 aromatic heterocycles. The zero-order valence-corrected chi connectivity index (χ0v) is 14.6. The molecule has 3 rings (SSSR count). The normalized spacial score (nSPS) is 29.0. The van der Waals surface area contributed by atoms with Gasteiger partial charge < -0.3 is 4.90 Å². The van der Waals surface area contributed by atoms with E-state index in [9.17, 15) is 4.79 Å². The van der Waals surface area contributed by atoms with Crippen molar-refractivity contribution in [3.8, 4) is 0 Å². The lowest BCUT2D eigenvalue weighted by molar-refractivity contribution is -0.138. The molecular formula is C20H30N2O. The number of hydrogen-bond donors (Lipinski definition) is 0. The molecule has 0 N–H and O–H groups in total. The Labute approximate surface area is 140 Å². The van der Waals surface area contributed by atoms with Crippen molar-refractivity contribution in [1.29, 1.82) is 0 Å². The van der Waals surface area contributed by atoms with Crippen LogP contribution in [0.4, 0.5) is 0 Å². The topological polar surface area (TPSA) is 23.6 Å². The molecular weight excluding hydrogens is 284 g/mol. The summed E-state index contributed by atoms with van der Waals surface area (Å²) in [7, 11) is 0. The molecule has 1 amide bonds. The average Bonchev–Trinajstić information content (AvgIpc) is 2.95. The highest BCUT2D eigenvalue weighted by molar-refractivity contribution is 5.79. The van der Waals surface area contributed by atoms with Gasteiger partial charge in [-0.05, 0) is 64.5 Å². The van der Waals surface area contributed by atoms with Gasteiger partial charge >= 0.3 is 0 Å². The predicted molar refractivity (Wildman–Crippen MR) is 94.4 cm³/mol. The van der Waals surface area contributed by atoms with E-state index in [-0.39, 0.29) is 0 Å². The third-order valence-electron chi connectivity index (χ3n) is 5.63. The summed E-state index contributed by atoms with van der Waals surface area (Å²) in [4.78, 5) is 17.4. The van der Waals surface area contributed by atoms with Gasteiger partial charge in [-0.15, -0.1) is 0 Å². The second-order valence-electron chi connectivity index (χ2n) is 7.39. The maximum absolute atomic E-state index is 12.9. The van der Waals surface area contributed by atoms with Gasteiger partial charge in [0.05, 0.1) is 6.54 Å². The molecule has 0 bridgehead atoms. The van der Waals surface area contributed by atoms with Gasteiger partial charge in [-0.25, -0.2) is 0 Å². The van der Waals surface area contributed by atoms with E-state index in [1.807, 2.05) is 0 Å². The average molecular weight is 314 g/mol. The van der Waals surface area contributed by atoms with Gasteiger partial charge in [0.2, 0.25) is 5.91 Å². The fraction of sp³-hybridized carbons (Fsp3) is 0.650. The van der Waals surface area contributed by atoms with E-state index < -0.39 is 0 Å². The lowest BCUT2D eigenvalue weighted by Gasteiger charge is -2.40. The Morgan fingerprint density at radius 3 is 2.43 bits per heavy atom. The van der Waals surface area contributed by atoms with Gasteiger partial charge in [-0.3, -0.25) is 9.69 Å². The van der Waals surface area contributed by atoms with Gasteiger partial charge in [-0.2, -0.15) is 0 Å². The largest absolute Gasteiger partial charge is 0.336 e. The number of nitrogens with zero attached hydrogens (tertiary/aromatic N) is 2. The van der Waals surface area contributed by atoms with Gasteiger partial charge in [0.1, 0.15) is 0 Å². The number of amides is 1. The fourth-order valence-corrected chi connectivity index (χ4v) is 4.39. The third-order valence-corrected chi connectivity index (χ3v) is 5.63. The number of carbonyl (C=O) groups excluding carboxylic acids is 1. The first-order chi connectivity index (χ1) is 11.1. The smallest absolute Gasteiger partial charge is 0.237 e. The van der Waals surface area contributed by atoms with Crippen molar-refractivity contribution in [2.24, 2.45) is 0 Å². The maximum Gasteiger partial charge on any atom is 0.237 e. The number of piperidine rings is 1. The monoisotopic (exact) mass is 314 g/mol. The van der Waals surface area contributed by atoms with E-state index >= 15 is 0 Å². The first kappa shape index (κ1) is 16.5. The molecule has 0 saturated carbocycles. The van der Waals surface area contributed by atoms with Crippen molar-refractivity contribution in [2.75, 3.05) is 13.1 Å². The third kappa shape index (κ3) is 3.95. The highest BCUT2D eigenvalue weighted by Gasteiger charge is 2.32. The summed E-state index contributed by atoms with van der Waals surface area (Å²) in [6, 6.07) is 12.0. The zero-order chi connectivity index (χ0) is 16.2. The van der Waals surface area contributed by atoms with Gasteiger partial charge in [0, 0.05) is 18.1 Å². The molecule has 2 saturated heterocycles. The van der Waals surface area contributed by atoms with Crippen molar-refractivity contribution in [3.63, 3.8) is 0 Å². The molecule has 3 nitrogen and oxygen atoms in total. The summed E-state index contributed by atoms with van der Waals surface area (Å²) in [6.07, 6.45) is 7.07. The van der Waals surface area contributed by atoms with E-state index in [2.05, 4.69) is 54.0 Å². The summed E-state index contributed by atoms with van der Waals surface area (Å²) in [5, 5.41) is 0. The van der Waals surface area contributed by atoms with Crippen LogP contribution in [0.3, 0.4) is 0 Å². The van der Waals surface area contributed by atoms with Crippen LogP contribution in [-0.4, -0.2) is 46.9 Å². The molecule has 3 atom stereocenters. The van der Waals surface area contributed by atoms with Crippen LogP contribution in [0.15, 0.2) is 30.3 Å². The molecule has 2 aliphatic heterocycles. The molecule has 0 radical (unpaired) electrons. The summed E-state index contributed by atoms with van der Waals surface area (Å²) in [6.45, 7) is 6.09. The minimum Gasteiger partial charge on any atom is -0.336 e. The quantitative estimate of drug-likeness (QED) is 0.849. The molecule has 1 aromatic rings. The van der Waals surface area contributed by atoms with E-state index in [0.29, 0.717) is 30.6 Å². The fourth-order valence-electron chi connectivity index (χ4n) is 4.39. The molecule has 126 valence electrons. The highest BCUT2D eigenvalue weighted by atomic mass is 16.2. The maximum atomic E-state index is 12.9. The minimum absolute atomic E-state index is 0.338. The van der Waals surface area contributed by atoms with Crippen molar-refractivity contribution in [2.45, 2.75) is 70.5 Å².